The average molecular weight is 262 g/mol. The molecule has 0 radical (unpaired) electrons. The van der Waals surface area contributed by atoms with Gasteiger partial charge in [-0.2, -0.15) is 0 Å². The van der Waals surface area contributed by atoms with Crippen molar-refractivity contribution >= 4 is 5.91 Å². The van der Waals surface area contributed by atoms with Crippen molar-refractivity contribution in [2.75, 3.05) is 20.2 Å². The van der Waals surface area contributed by atoms with Crippen molar-refractivity contribution in [1.29, 1.82) is 0 Å². The van der Waals surface area contributed by atoms with Gasteiger partial charge in [-0.25, -0.2) is 0 Å². The van der Waals surface area contributed by atoms with E-state index in [9.17, 15) is 9.90 Å². The molecule has 0 spiro atoms. The van der Waals surface area contributed by atoms with Gasteiger partial charge < -0.3 is 10.0 Å². The Morgan fingerprint density at radius 3 is 2.63 bits per heavy atom. The number of amides is 1. The first-order valence-electron chi connectivity index (χ1n) is 6.79. The third-order valence-corrected chi connectivity index (χ3v) is 3.86. The summed E-state index contributed by atoms with van der Waals surface area (Å²) in [6.07, 6.45) is 0.503. The van der Waals surface area contributed by atoms with Crippen LogP contribution in [0, 0.1) is 0 Å². The van der Waals surface area contributed by atoms with Crippen LogP contribution in [-0.4, -0.2) is 53.1 Å². The lowest BCUT2D eigenvalue weighted by atomic mass is 10.0. The summed E-state index contributed by atoms with van der Waals surface area (Å²) in [5.74, 6) is 0.115. The van der Waals surface area contributed by atoms with Crippen molar-refractivity contribution in [3.05, 3.63) is 35.9 Å². The molecule has 1 saturated heterocycles. The first kappa shape index (κ1) is 14.0. The van der Waals surface area contributed by atoms with Crippen molar-refractivity contribution in [3.63, 3.8) is 0 Å². The molecule has 1 N–H and O–H groups in total. The highest BCUT2D eigenvalue weighted by Crippen LogP contribution is 2.20. The molecule has 4 heteroatoms. The second-order valence-electron chi connectivity index (χ2n) is 5.24. The van der Waals surface area contributed by atoms with Crippen molar-refractivity contribution in [3.8, 4) is 0 Å². The lowest BCUT2D eigenvalue weighted by molar-refractivity contribution is -0.144. The van der Waals surface area contributed by atoms with Crippen molar-refractivity contribution in [2.24, 2.45) is 0 Å². The maximum absolute atomic E-state index is 12.3. The molecule has 1 heterocycles. The molecule has 1 aliphatic rings. The molecular formula is C15H22N2O2. The van der Waals surface area contributed by atoms with E-state index in [1.165, 1.54) is 5.56 Å². The molecule has 0 saturated carbocycles. The molecule has 4 nitrogen and oxygen atoms in total. The molecule has 1 aromatic carbocycles. The molecule has 104 valence electrons. The fourth-order valence-electron chi connectivity index (χ4n) is 2.62. The third kappa shape index (κ3) is 3.14. The minimum absolute atomic E-state index is 0.0456. The number of carbonyl (C=O) groups is 1. The molecule has 1 aromatic rings. The zero-order valence-corrected chi connectivity index (χ0v) is 11.6. The topological polar surface area (TPSA) is 43.8 Å². The SMILES string of the molecule is CC1CN(Cc2ccccc2)C(CCO)C(=O)N1C. The van der Waals surface area contributed by atoms with Crippen LogP contribution >= 0.6 is 0 Å². The van der Waals surface area contributed by atoms with Gasteiger partial charge in [0.05, 0.1) is 6.04 Å². The zero-order chi connectivity index (χ0) is 13.8. The third-order valence-electron chi connectivity index (χ3n) is 3.86. The normalized spacial score (nSPS) is 24.8. The van der Waals surface area contributed by atoms with E-state index in [0.29, 0.717) is 6.42 Å². The van der Waals surface area contributed by atoms with E-state index in [1.54, 1.807) is 4.90 Å². The van der Waals surface area contributed by atoms with Crippen LogP contribution in [-0.2, 0) is 11.3 Å². The van der Waals surface area contributed by atoms with E-state index < -0.39 is 0 Å². The fourth-order valence-corrected chi connectivity index (χ4v) is 2.62. The Morgan fingerprint density at radius 1 is 1.32 bits per heavy atom. The molecule has 2 atom stereocenters. The van der Waals surface area contributed by atoms with E-state index >= 15 is 0 Å². The first-order chi connectivity index (χ1) is 9.13. The van der Waals surface area contributed by atoms with E-state index in [0.717, 1.165) is 13.1 Å². The van der Waals surface area contributed by atoms with Gasteiger partial charge in [0.25, 0.3) is 0 Å². The van der Waals surface area contributed by atoms with Gasteiger partial charge in [0, 0.05) is 32.8 Å². The number of aliphatic hydroxyl groups excluding tert-OH is 1. The van der Waals surface area contributed by atoms with Crippen LogP contribution in [0.25, 0.3) is 0 Å². The van der Waals surface area contributed by atoms with E-state index in [1.807, 2.05) is 25.2 Å². The summed E-state index contributed by atoms with van der Waals surface area (Å²) in [7, 11) is 1.84. The zero-order valence-electron chi connectivity index (χ0n) is 11.6. The van der Waals surface area contributed by atoms with E-state index in [2.05, 4.69) is 24.0 Å². The lowest BCUT2D eigenvalue weighted by Gasteiger charge is -2.43. The predicted molar refractivity (Wildman–Crippen MR) is 74.6 cm³/mol. The summed E-state index contributed by atoms with van der Waals surface area (Å²) >= 11 is 0. The maximum Gasteiger partial charge on any atom is 0.240 e. The summed E-state index contributed by atoms with van der Waals surface area (Å²) in [6, 6.07) is 10.2. The number of likely N-dealkylation sites (N-methyl/N-ethyl adjacent to an activating group) is 1. The molecule has 2 rings (SSSR count). The van der Waals surface area contributed by atoms with Gasteiger partial charge in [-0.05, 0) is 18.9 Å². The van der Waals surface area contributed by atoms with Gasteiger partial charge in [0.2, 0.25) is 5.91 Å². The minimum Gasteiger partial charge on any atom is -0.396 e. The number of nitrogens with zero attached hydrogens (tertiary/aromatic N) is 2. The highest BCUT2D eigenvalue weighted by molar-refractivity contribution is 5.82. The van der Waals surface area contributed by atoms with Gasteiger partial charge in [-0.15, -0.1) is 0 Å². The summed E-state index contributed by atoms with van der Waals surface area (Å²) < 4.78 is 0. The monoisotopic (exact) mass is 262 g/mol. The van der Waals surface area contributed by atoms with Gasteiger partial charge in [0.15, 0.2) is 0 Å². The first-order valence-corrected chi connectivity index (χ1v) is 6.79. The number of benzene rings is 1. The Morgan fingerprint density at radius 2 is 2.00 bits per heavy atom. The Balaban J connectivity index is 2.14. The molecule has 2 unspecified atom stereocenters. The summed E-state index contributed by atoms with van der Waals surface area (Å²) in [5.41, 5.74) is 1.20. The number of rotatable bonds is 4. The second kappa shape index (κ2) is 6.17. The molecule has 19 heavy (non-hydrogen) atoms. The summed E-state index contributed by atoms with van der Waals surface area (Å²) in [6.45, 7) is 3.71. The Labute approximate surface area is 114 Å². The van der Waals surface area contributed by atoms with Crippen LogP contribution in [0.3, 0.4) is 0 Å². The minimum atomic E-state index is -0.202. The largest absolute Gasteiger partial charge is 0.396 e. The number of hydrogen-bond donors (Lipinski definition) is 1. The van der Waals surface area contributed by atoms with Crippen LogP contribution < -0.4 is 0 Å². The van der Waals surface area contributed by atoms with Crippen LogP contribution in [0.4, 0.5) is 0 Å². The molecule has 0 bridgehead atoms. The molecule has 1 fully saturated rings. The van der Waals surface area contributed by atoms with Gasteiger partial charge in [0.1, 0.15) is 0 Å². The average Bonchev–Trinajstić information content (AvgIpc) is 2.42. The quantitative estimate of drug-likeness (QED) is 0.883. The van der Waals surface area contributed by atoms with Gasteiger partial charge in [-0.1, -0.05) is 30.3 Å². The van der Waals surface area contributed by atoms with Crippen molar-refractivity contribution < 1.29 is 9.90 Å². The number of carbonyl (C=O) groups excluding carboxylic acids is 1. The smallest absolute Gasteiger partial charge is 0.240 e. The summed E-state index contributed by atoms with van der Waals surface area (Å²) in [4.78, 5) is 16.3. The molecule has 0 aromatic heterocycles. The Hall–Kier alpha value is -1.39. The standard InChI is InChI=1S/C15H22N2O2/c1-12-10-17(11-13-6-4-3-5-7-13)14(8-9-18)15(19)16(12)2/h3-7,12,14,18H,8-11H2,1-2H3. The number of hydrogen-bond acceptors (Lipinski definition) is 3. The molecule has 1 aliphatic heterocycles. The van der Waals surface area contributed by atoms with E-state index in [-0.39, 0.29) is 24.6 Å². The highest BCUT2D eigenvalue weighted by Gasteiger charge is 2.35. The van der Waals surface area contributed by atoms with Gasteiger partial charge in [-0.3, -0.25) is 9.69 Å². The van der Waals surface area contributed by atoms with Gasteiger partial charge >= 0.3 is 0 Å². The van der Waals surface area contributed by atoms with Crippen LogP contribution in [0.5, 0.6) is 0 Å². The lowest BCUT2D eigenvalue weighted by Crippen LogP contribution is -2.59. The van der Waals surface area contributed by atoms with E-state index in [4.69, 9.17) is 0 Å². The van der Waals surface area contributed by atoms with Crippen LogP contribution in [0.1, 0.15) is 18.9 Å². The Bertz CT molecular complexity index is 421. The Kier molecular flexibility index (Phi) is 4.56. The predicted octanol–water partition coefficient (Wildman–Crippen LogP) is 1.10. The fraction of sp³-hybridized carbons (Fsp3) is 0.533. The maximum atomic E-state index is 12.3. The molecule has 1 amide bonds. The van der Waals surface area contributed by atoms with Crippen molar-refractivity contribution in [2.45, 2.75) is 32.0 Å². The molecule has 0 aliphatic carbocycles. The van der Waals surface area contributed by atoms with Crippen molar-refractivity contribution in [1.82, 2.24) is 9.80 Å². The highest BCUT2D eigenvalue weighted by atomic mass is 16.3. The summed E-state index contributed by atoms with van der Waals surface area (Å²) in [5, 5.41) is 9.17. The van der Waals surface area contributed by atoms with Crippen LogP contribution in [0.2, 0.25) is 0 Å². The van der Waals surface area contributed by atoms with Crippen LogP contribution in [0.15, 0.2) is 30.3 Å². The molecular weight excluding hydrogens is 240 g/mol. The number of piperazine rings is 1. The second-order valence-corrected chi connectivity index (χ2v) is 5.24. The number of aliphatic hydroxyl groups is 1.